The van der Waals surface area contributed by atoms with Crippen LogP contribution in [0.2, 0.25) is 0 Å². The summed E-state index contributed by atoms with van der Waals surface area (Å²) >= 11 is 0. The molecule has 0 radical (unpaired) electrons. The number of carbonyl (C=O) groups excluding carboxylic acids is 1. The number of carbonyl (C=O) groups is 1. The van der Waals surface area contributed by atoms with Gasteiger partial charge in [0, 0.05) is 5.30 Å². The second-order valence-corrected chi connectivity index (χ2v) is 5.76. The van der Waals surface area contributed by atoms with E-state index in [1.807, 2.05) is 0 Å². The fourth-order valence-corrected chi connectivity index (χ4v) is 3.12. The van der Waals surface area contributed by atoms with E-state index in [-0.39, 0.29) is 13.5 Å². The molecule has 0 bridgehead atoms. The first kappa shape index (κ1) is 14.6. The van der Waals surface area contributed by atoms with Crippen molar-refractivity contribution in [1.29, 1.82) is 0 Å². The van der Waals surface area contributed by atoms with E-state index < -0.39 is 41.9 Å². The Kier molecular flexibility index (Phi) is 3.81. The van der Waals surface area contributed by atoms with Crippen LogP contribution in [0.15, 0.2) is 17.9 Å². The van der Waals surface area contributed by atoms with Crippen LogP contribution < -0.4 is 0 Å². The molecule has 0 saturated heterocycles. The summed E-state index contributed by atoms with van der Waals surface area (Å²) in [6.45, 7) is 0. The first-order valence-corrected chi connectivity index (χ1v) is 6.70. The van der Waals surface area contributed by atoms with Crippen molar-refractivity contribution in [2.45, 2.75) is 36.1 Å². The molecule has 8 heteroatoms. The average Bonchev–Trinajstić information content (AvgIpc) is 2.94. The van der Waals surface area contributed by atoms with Gasteiger partial charge in [-0.2, -0.15) is 0 Å². The molecule has 1 aliphatic rings. The lowest BCUT2D eigenvalue weighted by Gasteiger charge is -2.46. The van der Waals surface area contributed by atoms with Gasteiger partial charge in [0.1, 0.15) is 30.5 Å². The quantitative estimate of drug-likeness (QED) is 0.330. The summed E-state index contributed by atoms with van der Waals surface area (Å²) in [4.78, 5) is 12.2. The third-order valence-corrected chi connectivity index (χ3v) is 4.52. The highest BCUT2D eigenvalue weighted by molar-refractivity contribution is 7.31. The van der Waals surface area contributed by atoms with Crippen molar-refractivity contribution in [1.82, 2.24) is 0 Å². The normalized spacial score (nSPS) is 43.6. The molecule has 6 N–H and O–H groups in total. The van der Waals surface area contributed by atoms with Gasteiger partial charge in [-0.15, -0.1) is 8.19 Å². The Morgan fingerprint density at radius 3 is 2.00 bits per heavy atom. The Morgan fingerprint density at radius 1 is 1.05 bits per heavy atom. The minimum absolute atomic E-state index is 0.0342. The number of aliphatic hydroxyl groups is 6. The van der Waals surface area contributed by atoms with Gasteiger partial charge in [-0.05, 0) is 11.9 Å². The van der Waals surface area contributed by atoms with Gasteiger partial charge in [-0.25, -0.2) is 0 Å². The number of hydrogen-bond donors (Lipinski definition) is 6. The van der Waals surface area contributed by atoms with Gasteiger partial charge in [0.15, 0.2) is 5.60 Å². The van der Waals surface area contributed by atoms with Crippen molar-refractivity contribution in [3.05, 3.63) is 23.2 Å². The van der Waals surface area contributed by atoms with Gasteiger partial charge >= 0.3 is 0 Å². The maximum Gasteiger partial charge on any atom is 0.203 e. The fourth-order valence-electron chi connectivity index (χ4n) is 2.23. The third-order valence-electron chi connectivity index (χ3n) is 3.45. The lowest BCUT2D eigenvalue weighted by Crippen LogP contribution is -2.73. The molecule has 0 amide bonds. The summed E-state index contributed by atoms with van der Waals surface area (Å²) < 4.78 is 0. The van der Waals surface area contributed by atoms with Crippen LogP contribution in [0.25, 0.3) is 0 Å². The van der Waals surface area contributed by atoms with Crippen LogP contribution in [0.3, 0.4) is 0 Å². The highest BCUT2D eigenvalue weighted by Gasteiger charge is 2.61. The molecule has 7 nitrogen and oxygen atoms in total. The molecule has 1 aliphatic carbocycles. The average molecular weight is 290 g/mol. The smallest absolute Gasteiger partial charge is 0.203 e. The van der Waals surface area contributed by atoms with Crippen LogP contribution in [0, 0.1) is 0 Å². The molecular weight excluding hydrogens is 275 g/mol. The standard InChI is InChI=1S/C11H15O7P/c12-5-6(13)9(16)11(18,10(17)7(5)14)8(15)4-2-1-3-19-4/h1-3,5-7,9-10,12-14,16-19H/t5?,6-,7+,9-,10-,11?/m1/s1. The Hall–Kier alpha value is -0.790. The Morgan fingerprint density at radius 2 is 1.58 bits per heavy atom. The van der Waals surface area contributed by atoms with E-state index in [4.69, 9.17) is 0 Å². The van der Waals surface area contributed by atoms with Gasteiger partial charge < -0.3 is 30.6 Å². The van der Waals surface area contributed by atoms with Gasteiger partial charge in [0.2, 0.25) is 5.78 Å². The molecule has 2 rings (SSSR count). The molecule has 1 fully saturated rings. The van der Waals surface area contributed by atoms with Crippen LogP contribution in [-0.2, 0) is 0 Å². The number of aliphatic hydroxyl groups excluding tert-OH is 5. The summed E-state index contributed by atoms with van der Waals surface area (Å²) in [5.41, 5.74) is -2.75. The molecule has 1 aromatic rings. The highest BCUT2D eigenvalue weighted by atomic mass is 31.0. The number of Topliss-reactive ketones (excluding diaryl/α,β-unsaturated/α-hetero) is 1. The van der Waals surface area contributed by atoms with Crippen molar-refractivity contribution >= 4 is 14.0 Å². The summed E-state index contributed by atoms with van der Waals surface area (Å²) in [5.74, 6) is 0.695. The van der Waals surface area contributed by atoms with Crippen molar-refractivity contribution in [2.75, 3.05) is 0 Å². The molecule has 0 aromatic carbocycles. The van der Waals surface area contributed by atoms with Crippen molar-refractivity contribution < 1.29 is 35.4 Å². The minimum Gasteiger partial charge on any atom is -0.387 e. The largest absolute Gasteiger partial charge is 0.387 e. The lowest BCUT2D eigenvalue weighted by atomic mass is 9.72. The van der Waals surface area contributed by atoms with Gasteiger partial charge in [0.25, 0.3) is 0 Å². The second kappa shape index (κ2) is 4.96. The zero-order chi connectivity index (χ0) is 14.4. The zero-order valence-electron chi connectivity index (χ0n) is 9.71. The van der Waals surface area contributed by atoms with Crippen LogP contribution in [0.1, 0.15) is 10.1 Å². The SMILES string of the molecule is O=C(c1ccc[pH]1)C1(O)[C@H](O)[C@H](O)C(O)[C@H](O)[C@H]1O. The maximum absolute atomic E-state index is 12.2. The first-order chi connectivity index (χ1) is 8.81. The van der Waals surface area contributed by atoms with E-state index in [0.717, 1.165) is 0 Å². The summed E-state index contributed by atoms with van der Waals surface area (Å²) in [7, 11) is -0.0342. The van der Waals surface area contributed by atoms with Crippen molar-refractivity contribution in [3.63, 3.8) is 0 Å². The Bertz CT molecular complexity index is 444. The van der Waals surface area contributed by atoms with Crippen LogP contribution >= 0.6 is 8.19 Å². The summed E-state index contributed by atoms with van der Waals surface area (Å²) in [6, 6.07) is 3.00. The minimum atomic E-state index is -2.75. The monoisotopic (exact) mass is 290 g/mol. The van der Waals surface area contributed by atoms with E-state index in [2.05, 4.69) is 0 Å². The predicted octanol–water partition coefficient (Wildman–Crippen LogP) is -2.55. The zero-order valence-corrected chi connectivity index (χ0v) is 10.7. The van der Waals surface area contributed by atoms with Gasteiger partial charge in [-0.1, -0.05) is 6.07 Å². The Balaban J connectivity index is 2.42. The molecular formula is C11H15O7P. The topological polar surface area (TPSA) is 138 Å². The fraction of sp³-hybridized carbons (Fsp3) is 0.545. The summed E-state index contributed by atoms with van der Waals surface area (Å²) in [5, 5.41) is 58.5. The molecule has 1 aromatic heterocycles. The highest BCUT2D eigenvalue weighted by Crippen LogP contribution is 2.34. The van der Waals surface area contributed by atoms with Crippen LogP contribution in [0.5, 0.6) is 0 Å². The number of ketones is 1. The van der Waals surface area contributed by atoms with Crippen molar-refractivity contribution in [3.8, 4) is 0 Å². The van der Waals surface area contributed by atoms with E-state index in [9.17, 15) is 35.4 Å². The predicted molar refractivity (Wildman–Crippen MR) is 65.3 cm³/mol. The van der Waals surface area contributed by atoms with E-state index >= 15 is 0 Å². The first-order valence-electron chi connectivity index (χ1n) is 5.62. The van der Waals surface area contributed by atoms with Crippen LogP contribution in [-0.4, -0.2) is 72.5 Å². The van der Waals surface area contributed by atoms with E-state index in [0.29, 0.717) is 0 Å². The van der Waals surface area contributed by atoms with E-state index in [1.165, 1.54) is 6.07 Å². The Labute approximate surface area is 109 Å². The summed E-state index contributed by atoms with van der Waals surface area (Å²) in [6.07, 6.45) is -9.92. The van der Waals surface area contributed by atoms with Crippen LogP contribution in [0.4, 0.5) is 0 Å². The maximum atomic E-state index is 12.2. The molecule has 106 valence electrons. The number of rotatable bonds is 2. The number of hydrogen-bond acceptors (Lipinski definition) is 7. The molecule has 1 heterocycles. The van der Waals surface area contributed by atoms with E-state index in [1.54, 1.807) is 11.9 Å². The lowest BCUT2D eigenvalue weighted by molar-refractivity contribution is -0.248. The molecule has 1 saturated carbocycles. The molecule has 7 atom stereocenters. The van der Waals surface area contributed by atoms with Gasteiger partial charge in [-0.3, -0.25) is 4.79 Å². The molecule has 19 heavy (non-hydrogen) atoms. The van der Waals surface area contributed by atoms with Crippen molar-refractivity contribution in [2.24, 2.45) is 0 Å². The molecule has 0 aliphatic heterocycles. The van der Waals surface area contributed by atoms with Gasteiger partial charge in [0.05, 0.1) is 0 Å². The third kappa shape index (κ3) is 2.04. The second-order valence-electron chi connectivity index (χ2n) is 4.60. The molecule has 0 spiro atoms. The molecule has 3 unspecified atom stereocenters.